The number of halogens is 5. The summed E-state index contributed by atoms with van der Waals surface area (Å²) in [5.41, 5.74) is 1.18. The van der Waals surface area contributed by atoms with Crippen LogP contribution in [0.1, 0.15) is 0 Å². The highest BCUT2D eigenvalue weighted by Gasteiger charge is 2.05. The molecule has 0 atom stereocenters. The lowest BCUT2D eigenvalue weighted by atomic mass is 10.3. The molecule has 2 aromatic heterocycles. The van der Waals surface area contributed by atoms with Gasteiger partial charge in [-0.3, -0.25) is 14.2 Å². The van der Waals surface area contributed by atoms with Gasteiger partial charge in [-0.05, 0) is 58.0 Å². The van der Waals surface area contributed by atoms with Gasteiger partial charge < -0.3 is 19.4 Å². The number of aromatic nitrogens is 4. The Balaban J connectivity index is 0.000000195. The number of hydrogen-bond donors (Lipinski definition) is 2. The van der Waals surface area contributed by atoms with Crippen molar-refractivity contribution in [2.45, 2.75) is 0 Å². The van der Waals surface area contributed by atoms with Crippen molar-refractivity contribution in [2.24, 2.45) is 0 Å². The average molecular weight is 575 g/mol. The van der Waals surface area contributed by atoms with Crippen molar-refractivity contribution in [2.75, 3.05) is 14.2 Å². The molecule has 15 heteroatoms. The number of fused-ring (bicyclic) bond motifs is 2. The van der Waals surface area contributed by atoms with Crippen molar-refractivity contribution in [1.82, 2.24) is 19.9 Å². The zero-order valence-electron chi connectivity index (χ0n) is 16.7. The molecule has 33 heavy (non-hydrogen) atoms. The summed E-state index contributed by atoms with van der Waals surface area (Å²) >= 11 is 25.3. The fourth-order valence-electron chi connectivity index (χ4n) is 2.34. The third-order valence-electron chi connectivity index (χ3n) is 3.72. The van der Waals surface area contributed by atoms with Gasteiger partial charge in [0.1, 0.15) is 11.5 Å². The van der Waals surface area contributed by atoms with Crippen LogP contribution < -0.4 is 20.6 Å². The lowest BCUT2D eigenvalue weighted by Crippen LogP contribution is -2.28. The van der Waals surface area contributed by atoms with Gasteiger partial charge in [-0.15, -0.1) is 0 Å². The number of H-pyrrole nitrogens is 2. The second-order valence-electron chi connectivity index (χ2n) is 5.88. The highest BCUT2D eigenvalue weighted by Crippen LogP contribution is 2.61. The van der Waals surface area contributed by atoms with E-state index in [9.17, 15) is 14.2 Å². The van der Waals surface area contributed by atoms with Gasteiger partial charge in [0.2, 0.25) is 0 Å². The maximum Gasteiger partial charge on any atom is 0.339 e. The van der Waals surface area contributed by atoms with Crippen LogP contribution in [0.5, 0.6) is 11.5 Å². The zero-order chi connectivity index (χ0) is 24.8. The maximum absolute atomic E-state index is 11.0. The fourth-order valence-corrected chi connectivity index (χ4v) is 2.61. The molecule has 0 bridgehead atoms. The van der Waals surface area contributed by atoms with Gasteiger partial charge in [0.15, 0.2) is 10.3 Å². The molecule has 0 unspecified atom stereocenters. The Kier molecular flexibility index (Phi) is 9.84. The molecule has 0 aliphatic heterocycles. The minimum Gasteiger partial charge on any atom is -0.497 e. The third kappa shape index (κ3) is 8.70. The van der Waals surface area contributed by atoms with Gasteiger partial charge in [-0.25, -0.2) is 9.97 Å². The molecule has 2 aromatic carbocycles. The van der Waals surface area contributed by atoms with E-state index in [1.807, 2.05) is 0 Å². The van der Waals surface area contributed by atoms with E-state index in [1.165, 1.54) is 7.11 Å². The second kappa shape index (κ2) is 11.9. The minimum absolute atomic E-state index is 0.201. The fraction of sp³-hybridized carbons (Fsp3) is 0.111. The van der Waals surface area contributed by atoms with E-state index in [0.717, 1.165) is 0 Å². The van der Waals surface area contributed by atoms with E-state index in [0.29, 0.717) is 33.6 Å². The number of nitrogens with zero attached hydrogens (tertiary/aromatic N) is 2. The van der Waals surface area contributed by atoms with Crippen molar-refractivity contribution < 1.29 is 14.0 Å². The lowest BCUT2D eigenvalue weighted by molar-refractivity contribution is 0.415. The first-order chi connectivity index (χ1) is 15.4. The summed E-state index contributed by atoms with van der Waals surface area (Å²) < 4.78 is 19.5. The van der Waals surface area contributed by atoms with E-state index < -0.39 is 16.3 Å². The number of aromatic amines is 2. The highest BCUT2D eigenvalue weighted by molar-refractivity contribution is 8.24. The Morgan fingerprint density at radius 3 is 1.76 bits per heavy atom. The van der Waals surface area contributed by atoms with Gasteiger partial charge in [0.25, 0.3) is 0 Å². The van der Waals surface area contributed by atoms with Crippen molar-refractivity contribution in [3.8, 4) is 11.5 Å². The number of rotatable bonds is 2. The van der Waals surface area contributed by atoms with Crippen molar-refractivity contribution in [3.63, 3.8) is 0 Å². The first kappa shape index (κ1) is 27.2. The quantitative estimate of drug-likeness (QED) is 0.223. The Morgan fingerprint density at radius 2 is 1.21 bits per heavy atom. The SMILES string of the molecule is COc1ccc2[nH]c(=O)c(=O)[nH]c2c1.COc1ccc2nc(Cl)c(Cl)nc2c1.O=P(Cl)(Cl)Cl. The summed E-state index contributed by atoms with van der Waals surface area (Å²) in [6.45, 7) is 0. The van der Waals surface area contributed by atoms with Gasteiger partial charge in [0.05, 0.1) is 36.3 Å². The van der Waals surface area contributed by atoms with Gasteiger partial charge in [-0.1, -0.05) is 23.2 Å². The predicted molar refractivity (Wildman–Crippen MR) is 133 cm³/mol. The van der Waals surface area contributed by atoms with Crippen molar-refractivity contribution in [3.05, 3.63) is 67.4 Å². The predicted octanol–water partition coefficient (Wildman–Crippen LogP) is 5.98. The van der Waals surface area contributed by atoms with Crippen LogP contribution >= 0.6 is 62.1 Å². The number of hydrogen-bond acceptors (Lipinski definition) is 7. The van der Waals surface area contributed by atoms with Crippen LogP contribution in [0.3, 0.4) is 0 Å². The summed E-state index contributed by atoms with van der Waals surface area (Å²) in [7, 11) is 3.12. The van der Waals surface area contributed by atoms with Crippen molar-refractivity contribution >= 4 is 84.2 Å². The highest BCUT2D eigenvalue weighted by atomic mass is 36.0. The number of benzene rings is 2. The third-order valence-corrected chi connectivity index (χ3v) is 4.34. The van der Waals surface area contributed by atoms with E-state index in [-0.39, 0.29) is 10.3 Å². The summed E-state index contributed by atoms with van der Waals surface area (Å²) in [4.78, 5) is 35.0. The molecule has 0 aliphatic rings. The molecule has 9 nitrogen and oxygen atoms in total. The van der Waals surface area contributed by atoms with Crippen LogP contribution in [-0.2, 0) is 4.57 Å². The summed E-state index contributed by atoms with van der Waals surface area (Å²) in [5.74, 6) is 1.34. The standard InChI is InChI=1S/C9H6Cl2N2O.C9H8N2O3.Cl3OP/c1-14-5-2-3-6-7(4-5)13-9(11)8(10)12-6;1-14-5-2-3-6-7(4-5)11-9(13)8(12)10-6;1-5(2,3)4/h2-4H,1H3;2-4H,1H3,(H,10,12)(H,11,13);. The number of methoxy groups -OCH3 is 2. The van der Waals surface area contributed by atoms with Crippen LogP contribution in [0.15, 0.2) is 46.0 Å². The molecule has 0 saturated carbocycles. The molecule has 176 valence electrons. The molecule has 4 aromatic rings. The molecule has 0 spiro atoms. The molecule has 0 saturated heterocycles. The number of nitrogens with one attached hydrogen (secondary N) is 2. The molecule has 2 heterocycles. The molecular formula is C18H14Cl5N4O5P. The maximum atomic E-state index is 11.0. The first-order valence-electron chi connectivity index (χ1n) is 8.57. The van der Waals surface area contributed by atoms with Crippen molar-refractivity contribution in [1.29, 1.82) is 0 Å². The van der Waals surface area contributed by atoms with E-state index in [4.69, 9.17) is 32.7 Å². The Labute approximate surface area is 210 Å². The molecule has 4 rings (SSSR count). The Morgan fingerprint density at radius 1 is 0.758 bits per heavy atom. The Hall–Kier alpha value is -2.00. The monoisotopic (exact) mass is 572 g/mol. The minimum atomic E-state index is -3.22. The molecule has 2 N–H and O–H groups in total. The van der Waals surface area contributed by atoms with Crippen LogP contribution in [0.4, 0.5) is 0 Å². The van der Waals surface area contributed by atoms with Crippen LogP contribution in [0.2, 0.25) is 10.3 Å². The molecule has 0 radical (unpaired) electrons. The Bertz CT molecular complexity index is 1430. The van der Waals surface area contributed by atoms with Crippen LogP contribution in [0.25, 0.3) is 22.1 Å². The second-order valence-corrected chi connectivity index (χ2v) is 13.2. The zero-order valence-corrected chi connectivity index (χ0v) is 21.4. The molecule has 0 amide bonds. The average Bonchev–Trinajstić information content (AvgIpc) is 2.74. The van der Waals surface area contributed by atoms with Gasteiger partial charge in [0, 0.05) is 12.1 Å². The summed E-state index contributed by atoms with van der Waals surface area (Å²) in [5, 5.41) is -2.81. The van der Waals surface area contributed by atoms with Crippen LogP contribution in [0, 0.1) is 0 Å². The number of ether oxygens (including phenoxy) is 2. The van der Waals surface area contributed by atoms with E-state index >= 15 is 0 Å². The molecule has 0 fully saturated rings. The van der Waals surface area contributed by atoms with E-state index in [2.05, 4.69) is 53.7 Å². The van der Waals surface area contributed by atoms with Gasteiger partial charge in [-0.2, -0.15) is 0 Å². The normalized spacial score (nSPS) is 10.6. The smallest absolute Gasteiger partial charge is 0.339 e. The summed E-state index contributed by atoms with van der Waals surface area (Å²) in [6, 6.07) is 10.4. The lowest BCUT2D eigenvalue weighted by Gasteiger charge is -2.02. The molecular weight excluding hydrogens is 560 g/mol. The van der Waals surface area contributed by atoms with Gasteiger partial charge >= 0.3 is 16.3 Å². The summed E-state index contributed by atoms with van der Waals surface area (Å²) in [6.07, 6.45) is 0. The first-order valence-corrected chi connectivity index (χ1v) is 13.7. The topological polar surface area (TPSA) is 127 Å². The largest absolute Gasteiger partial charge is 0.497 e. The van der Waals surface area contributed by atoms with E-state index in [1.54, 1.807) is 43.5 Å². The van der Waals surface area contributed by atoms with Crippen LogP contribution in [-0.4, -0.2) is 34.2 Å². The molecule has 0 aliphatic carbocycles.